The Bertz CT molecular complexity index is 2510. The highest BCUT2D eigenvalue weighted by Crippen LogP contribution is 2.67. The minimum absolute atomic E-state index is 0.00236. The molecule has 96 heavy (non-hydrogen) atoms. The second-order valence-corrected chi connectivity index (χ2v) is 37.6. The quantitative estimate of drug-likeness (QED) is 0.0946. The summed E-state index contributed by atoms with van der Waals surface area (Å²) in [6, 6.07) is 0. The smallest absolute Gasteiger partial charge is 0.312 e. The van der Waals surface area contributed by atoms with Crippen molar-refractivity contribution in [2.75, 3.05) is 0 Å². The van der Waals surface area contributed by atoms with Crippen molar-refractivity contribution < 1.29 is 57.2 Å². The number of fused-ring (bicyclic) bond motifs is 9. The summed E-state index contributed by atoms with van der Waals surface area (Å²) >= 11 is 0. The van der Waals surface area contributed by atoms with Crippen molar-refractivity contribution in [2.24, 2.45) is 103 Å². The Morgan fingerprint density at radius 2 is 0.844 bits per heavy atom. The number of hydrogen-bond acceptors (Lipinski definition) is 12. The molecule has 0 saturated heterocycles. The molecule has 12 atom stereocenters. The fraction of sp³-hybridized carbons (Fsp3) is 0.929. The lowest BCUT2D eigenvalue weighted by Gasteiger charge is -2.56. The molecule has 0 aromatic carbocycles. The number of carbonyl (C=O) groups excluding carboxylic acids is 6. The van der Waals surface area contributed by atoms with Gasteiger partial charge in [-0.2, -0.15) is 0 Å². The van der Waals surface area contributed by atoms with Gasteiger partial charge in [0, 0.05) is 5.41 Å². The lowest BCUT2D eigenvalue weighted by atomic mass is 9.54. The van der Waals surface area contributed by atoms with Crippen LogP contribution in [-0.4, -0.2) is 71.9 Å². The predicted molar refractivity (Wildman–Crippen MR) is 384 cm³/mol. The maximum Gasteiger partial charge on any atom is 0.312 e. The molecule has 0 heterocycles. The first kappa shape index (κ1) is 80.1. The van der Waals surface area contributed by atoms with E-state index in [0.29, 0.717) is 17.3 Å². The van der Waals surface area contributed by atoms with Gasteiger partial charge in [-0.1, -0.05) is 88.5 Å². The molecule has 0 radical (unpaired) electrons. The van der Waals surface area contributed by atoms with Gasteiger partial charge in [0.25, 0.3) is 0 Å². The van der Waals surface area contributed by atoms with E-state index in [0.717, 1.165) is 150 Å². The summed E-state index contributed by atoms with van der Waals surface area (Å²) in [5, 5.41) is 0. The lowest BCUT2D eigenvalue weighted by Crippen LogP contribution is -2.53. The third kappa shape index (κ3) is 19.5. The summed E-state index contributed by atoms with van der Waals surface area (Å²) in [6.45, 7) is 41.1. The molecule has 0 aliphatic heterocycles. The predicted octanol–water partition coefficient (Wildman–Crippen LogP) is 21.3. The van der Waals surface area contributed by atoms with Crippen LogP contribution in [0.5, 0.6) is 0 Å². The second kappa shape index (κ2) is 33.3. The molecule has 13 rings (SSSR count). The molecule has 0 amide bonds. The first-order valence-electron chi connectivity index (χ1n) is 40.2. The molecule has 13 aliphatic carbocycles. The zero-order valence-corrected chi connectivity index (χ0v) is 65.2. The van der Waals surface area contributed by atoms with Crippen LogP contribution in [0.3, 0.4) is 0 Å². The minimum Gasteiger partial charge on any atom is -0.462 e. The molecule has 10 bridgehead atoms. The van der Waals surface area contributed by atoms with Gasteiger partial charge in [-0.3, -0.25) is 28.8 Å². The van der Waals surface area contributed by atoms with E-state index in [9.17, 15) is 28.8 Å². The molecule has 12 unspecified atom stereocenters. The Balaban J connectivity index is 0.000000163. The second-order valence-electron chi connectivity index (χ2n) is 37.6. The average molecular weight is 1350 g/mol. The van der Waals surface area contributed by atoms with E-state index in [1.54, 1.807) is 0 Å². The van der Waals surface area contributed by atoms with Crippen molar-refractivity contribution in [1.82, 2.24) is 0 Å². The van der Waals surface area contributed by atoms with Gasteiger partial charge in [-0.25, -0.2) is 0 Å². The SMILES string of the molecule is CCC(C)(C)C(=O)OC12CC3CC(CC(C3)C1)C2.CCC(C)(C)C(=O)OC1CC2CC1C1CCCC21.CCC(C)(C)C(=O)OC1CC2CCC1(C)C2(C)C.CCC(C)(C)C(=O)OC1CC2CCC1C2.CCC(C)(C)C(=O)OC1CCCCC1.CCC(C)C(=O)OC1CCCCC1. The van der Waals surface area contributed by atoms with Crippen molar-refractivity contribution in [3.05, 3.63) is 0 Å². The van der Waals surface area contributed by atoms with Gasteiger partial charge in [0.05, 0.1) is 33.0 Å². The van der Waals surface area contributed by atoms with E-state index in [-0.39, 0.29) is 110 Å². The lowest BCUT2D eigenvalue weighted by molar-refractivity contribution is -0.196. The summed E-state index contributed by atoms with van der Waals surface area (Å²) in [4.78, 5) is 71.9. The Kier molecular flexibility index (Phi) is 27.8. The Morgan fingerprint density at radius 3 is 1.27 bits per heavy atom. The standard InChI is InChI=1S/2C16H26O2.C16H28O2.C13H22O2.C12H22O2.C11H20O2/c1-4-15(2,3)14(17)18-16-8-11-5-12(9-16)7-13(6-11)10-16;1-4-16(2,3)15(17)18-14-9-10-8-13(14)12-7-5-6-11(10)12;1-7-14(2,3)13(17)18-12-10-11-8-9-16(12,6)15(11,4)5;1-4-13(2,3)12(14)15-11-8-9-5-6-10(11)7-9;1-4-12(2,3)11(13)14-10-8-6-5-7-9-10;1-3-9(2)11(12)13-10-7-5-4-6-8-10/h11-13H,4-10H2,1-3H3;10-14H,4-9H2,1-3H3;11-12H,7-10H2,1-6H3;9-11H,4-8H2,1-3H3;10H,4-9H2,1-3H3;9-10H,3-8H2,1-2H3. The molecule has 13 saturated carbocycles. The topological polar surface area (TPSA) is 158 Å². The van der Waals surface area contributed by atoms with E-state index in [1.807, 2.05) is 104 Å². The molecule has 0 aromatic rings. The van der Waals surface area contributed by atoms with Gasteiger partial charge in [-0.05, 0) is 333 Å². The molecule has 13 aliphatic rings. The largest absolute Gasteiger partial charge is 0.462 e. The zero-order chi connectivity index (χ0) is 71.0. The Morgan fingerprint density at radius 1 is 0.396 bits per heavy atom. The fourth-order valence-corrected chi connectivity index (χ4v) is 19.0. The number of hydrogen-bond donors (Lipinski definition) is 0. The van der Waals surface area contributed by atoms with E-state index in [2.05, 4.69) is 34.6 Å². The number of esters is 6. The number of carbonyl (C=O) groups is 6. The van der Waals surface area contributed by atoms with E-state index in [4.69, 9.17) is 28.4 Å². The highest BCUT2D eigenvalue weighted by atomic mass is 16.6. The summed E-state index contributed by atoms with van der Waals surface area (Å²) < 4.78 is 34.4. The summed E-state index contributed by atoms with van der Waals surface area (Å²) in [6.07, 6.45) is 40.8. The van der Waals surface area contributed by atoms with Crippen molar-refractivity contribution in [3.8, 4) is 0 Å². The fourth-order valence-electron chi connectivity index (χ4n) is 19.0. The van der Waals surface area contributed by atoms with Gasteiger partial charge in [-0.15, -0.1) is 0 Å². The molecule has 0 spiro atoms. The molecular formula is C84H144O12. The van der Waals surface area contributed by atoms with Crippen LogP contribution in [0.15, 0.2) is 0 Å². The normalized spacial score (nSPS) is 33.9. The van der Waals surface area contributed by atoms with Crippen LogP contribution >= 0.6 is 0 Å². The average Bonchev–Trinajstić information content (AvgIpc) is 1.51. The van der Waals surface area contributed by atoms with Crippen LogP contribution in [0.25, 0.3) is 0 Å². The molecule has 0 N–H and O–H groups in total. The van der Waals surface area contributed by atoms with Crippen LogP contribution < -0.4 is 0 Å². The van der Waals surface area contributed by atoms with Gasteiger partial charge < -0.3 is 28.4 Å². The van der Waals surface area contributed by atoms with Crippen LogP contribution in [0, 0.1) is 103 Å². The molecule has 12 nitrogen and oxygen atoms in total. The van der Waals surface area contributed by atoms with E-state index < -0.39 is 0 Å². The summed E-state index contributed by atoms with van der Waals surface area (Å²) in [7, 11) is 0. The Hall–Kier alpha value is -3.18. The molecule has 0 aromatic heterocycles. The molecule has 13 fully saturated rings. The third-order valence-corrected chi connectivity index (χ3v) is 28.7. The van der Waals surface area contributed by atoms with Gasteiger partial charge in [0.1, 0.15) is 36.1 Å². The highest BCUT2D eigenvalue weighted by molar-refractivity contribution is 5.78. The number of rotatable bonds is 18. The monoisotopic (exact) mass is 1350 g/mol. The van der Waals surface area contributed by atoms with Crippen LogP contribution in [0.4, 0.5) is 0 Å². The van der Waals surface area contributed by atoms with E-state index >= 15 is 0 Å². The molecule has 552 valence electrons. The van der Waals surface area contributed by atoms with Gasteiger partial charge in [0.15, 0.2) is 0 Å². The maximum atomic E-state index is 12.4. The van der Waals surface area contributed by atoms with Gasteiger partial charge >= 0.3 is 35.8 Å². The zero-order valence-electron chi connectivity index (χ0n) is 65.2. The van der Waals surface area contributed by atoms with Crippen molar-refractivity contribution >= 4 is 35.8 Å². The van der Waals surface area contributed by atoms with Crippen LogP contribution in [0.1, 0.15) is 357 Å². The summed E-state index contributed by atoms with van der Waals surface area (Å²) in [5.74, 6) is 8.28. The highest BCUT2D eigenvalue weighted by Gasteiger charge is 2.63. The van der Waals surface area contributed by atoms with Crippen molar-refractivity contribution in [1.29, 1.82) is 0 Å². The first-order chi connectivity index (χ1) is 44.9. The number of ether oxygens (including phenoxy) is 6. The first-order valence-corrected chi connectivity index (χ1v) is 40.2. The van der Waals surface area contributed by atoms with Crippen LogP contribution in [0.2, 0.25) is 0 Å². The maximum absolute atomic E-state index is 12.4. The van der Waals surface area contributed by atoms with Crippen LogP contribution in [-0.2, 0) is 57.2 Å². The third-order valence-electron chi connectivity index (χ3n) is 28.7. The molecule has 12 heteroatoms. The van der Waals surface area contributed by atoms with Crippen molar-refractivity contribution in [3.63, 3.8) is 0 Å². The van der Waals surface area contributed by atoms with E-state index in [1.165, 1.54) is 116 Å². The molecular weight excluding hydrogens is 1200 g/mol. The van der Waals surface area contributed by atoms with Crippen molar-refractivity contribution in [2.45, 2.75) is 393 Å². The van der Waals surface area contributed by atoms with Gasteiger partial charge in [0.2, 0.25) is 0 Å². The summed E-state index contributed by atoms with van der Waals surface area (Å²) in [5.41, 5.74) is -1.16. The Labute approximate surface area is 586 Å². The minimum atomic E-state index is -0.345.